The first-order valence-corrected chi connectivity index (χ1v) is 11.2. The minimum absolute atomic E-state index is 0.116. The second kappa shape index (κ2) is 9.06. The van der Waals surface area contributed by atoms with Crippen LogP contribution in [0.4, 0.5) is 16.3 Å². The Morgan fingerprint density at radius 2 is 1.60 bits per heavy atom. The Hall–Kier alpha value is -4.46. The summed E-state index contributed by atoms with van der Waals surface area (Å²) in [5.74, 6) is -0.0138. The van der Waals surface area contributed by atoms with Gasteiger partial charge in [-0.15, -0.1) is 0 Å². The molecule has 3 aromatic carbocycles. The van der Waals surface area contributed by atoms with Gasteiger partial charge in [-0.3, -0.25) is 4.79 Å². The van der Waals surface area contributed by atoms with Crippen molar-refractivity contribution in [3.05, 3.63) is 78.7 Å². The molecule has 174 valence electrons. The maximum absolute atomic E-state index is 13.4. The highest BCUT2D eigenvalue weighted by Gasteiger charge is 2.23. The van der Waals surface area contributed by atoms with Crippen LogP contribution in [0.1, 0.15) is 20.8 Å². The van der Waals surface area contributed by atoms with Gasteiger partial charge in [-0.2, -0.15) is 4.98 Å². The molecule has 5 aromatic rings. The second-order valence-electron chi connectivity index (χ2n) is 8.32. The highest BCUT2D eigenvalue weighted by Crippen LogP contribution is 2.32. The van der Waals surface area contributed by atoms with Crippen molar-refractivity contribution in [1.29, 1.82) is 0 Å². The van der Waals surface area contributed by atoms with Gasteiger partial charge in [-0.25, -0.2) is 24.2 Å². The number of aromatic nitrogens is 4. The monoisotopic (exact) mass is 467 g/mol. The van der Waals surface area contributed by atoms with Crippen molar-refractivity contribution >= 4 is 39.6 Å². The summed E-state index contributed by atoms with van der Waals surface area (Å²) in [5, 5.41) is 1.53. The Balaban J connectivity index is 1.66. The predicted molar refractivity (Wildman–Crippen MR) is 133 cm³/mol. The normalized spacial score (nSPS) is 11.2. The summed E-state index contributed by atoms with van der Waals surface area (Å²) in [4.78, 5) is 32.2. The topological polar surface area (TPSA) is 81.1 Å². The first-order valence-electron chi connectivity index (χ1n) is 11.2. The molecule has 0 atom stereocenters. The quantitative estimate of drug-likeness (QED) is 0.322. The molecule has 0 fully saturated rings. The molecule has 35 heavy (non-hydrogen) atoms. The molecule has 0 N–H and O–H groups in total. The summed E-state index contributed by atoms with van der Waals surface area (Å²) < 4.78 is 19.4. The molecule has 0 aliphatic heterocycles. The lowest BCUT2D eigenvalue weighted by molar-refractivity contribution is -0.116. The summed E-state index contributed by atoms with van der Waals surface area (Å²) in [5.41, 5.74) is 3.00. The SMILES string of the molecule is CC(=O)N(c1ncc2ccccc2n1)c1nc(OC(C)C)c2cc(-c3ccc(F)cc3)ccc2n1. The molecule has 0 radical (unpaired) electrons. The number of para-hydroxylation sites is 1. The third-order valence-electron chi connectivity index (χ3n) is 5.37. The number of nitrogens with zero attached hydrogens (tertiary/aromatic N) is 5. The molecular weight excluding hydrogens is 445 g/mol. The lowest BCUT2D eigenvalue weighted by Gasteiger charge is -2.20. The van der Waals surface area contributed by atoms with Gasteiger partial charge in [0.2, 0.25) is 23.7 Å². The van der Waals surface area contributed by atoms with Gasteiger partial charge in [-0.1, -0.05) is 36.4 Å². The van der Waals surface area contributed by atoms with E-state index in [-0.39, 0.29) is 29.7 Å². The summed E-state index contributed by atoms with van der Waals surface area (Å²) in [6.07, 6.45) is 1.49. The Morgan fingerprint density at radius 1 is 0.886 bits per heavy atom. The van der Waals surface area contributed by atoms with Crippen LogP contribution in [-0.2, 0) is 4.79 Å². The Labute approximate surface area is 201 Å². The molecule has 8 heteroatoms. The fourth-order valence-corrected chi connectivity index (χ4v) is 3.76. The number of carbonyl (C=O) groups is 1. The highest BCUT2D eigenvalue weighted by atomic mass is 19.1. The molecule has 0 saturated carbocycles. The molecule has 7 nitrogen and oxygen atoms in total. The van der Waals surface area contributed by atoms with E-state index >= 15 is 0 Å². The average molecular weight is 468 g/mol. The van der Waals surface area contributed by atoms with Gasteiger partial charge in [0.05, 0.1) is 22.5 Å². The largest absolute Gasteiger partial charge is 0.474 e. The molecule has 5 rings (SSSR count). The van der Waals surface area contributed by atoms with Gasteiger partial charge in [0.15, 0.2) is 0 Å². The van der Waals surface area contributed by atoms with E-state index in [1.165, 1.54) is 24.0 Å². The Morgan fingerprint density at radius 3 is 2.34 bits per heavy atom. The van der Waals surface area contributed by atoms with Crippen LogP contribution in [0.2, 0.25) is 0 Å². The summed E-state index contributed by atoms with van der Waals surface area (Å²) in [7, 11) is 0. The van der Waals surface area contributed by atoms with Crippen molar-refractivity contribution in [3.63, 3.8) is 0 Å². The number of benzene rings is 3. The van der Waals surface area contributed by atoms with E-state index < -0.39 is 0 Å². The van der Waals surface area contributed by atoms with Gasteiger partial charge in [0.25, 0.3) is 0 Å². The molecule has 0 spiro atoms. The summed E-state index contributed by atoms with van der Waals surface area (Å²) in [6, 6.07) is 19.4. The van der Waals surface area contributed by atoms with Crippen molar-refractivity contribution in [2.45, 2.75) is 26.9 Å². The number of halogens is 1. The van der Waals surface area contributed by atoms with Crippen LogP contribution in [0.15, 0.2) is 72.9 Å². The fraction of sp³-hybridized carbons (Fsp3) is 0.148. The van der Waals surface area contributed by atoms with Crippen LogP contribution >= 0.6 is 0 Å². The van der Waals surface area contributed by atoms with E-state index in [2.05, 4.69) is 19.9 Å². The number of amides is 1. The minimum Gasteiger partial charge on any atom is -0.474 e. The van der Waals surface area contributed by atoms with Crippen molar-refractivity contribution in [1.82, 2.24) is 19.9 Å². The zero-order valence-corrected chi connectivity index (χ0v) is 19.4. The average Bonchev–Trinajstić information content (AvgIpc) is 2.84. The maximum Gasteiger partial charge on any atom is 0.243 e. The van der Waals surface area contributed by atoms with Crippen molar-refractivity contribution in [2.24, 2.45) is 0 Å². The number of ether oxygens (including phenoxy) is 1. The Bertz CT molecular complexity index is 1550. The van der Waals surface area contributed by atoms with Crippen molar-refractivity contribution in [2.75, 3.05) is 4.90 Å². The van der Waals surface area contributed by atoms with E-state index in [0.717, 1.165) is 16.5 Å². The standard InChI is InChI=1S/C27H22FN5O2/c1-16(2)35-25-22-14-19(18-8-11-21(28)12-9-18)10-13-24(22)31-27(32-25)33(17(3)34)26-29-15-20-6-4-5-7-23(20)30-26/h4-16H,1-3H3. The number of carbonyl (C=O) groups excluding carboxylic acids is 1. The van der Waals surface area contributed by atoms with E-state index in [1.54, 1.807) is 18.3 Å². The van der Waals surface area contributed by atoms with Gasteiger partial charge in [-0.05, 0) is 55.3 Å². The summed E-state index contributed by atoms with van der Waals surface area (Å²) >= 11 is 0. The van der Waals surface area contributed by atoms with E-state index in [9.17, 15) is 9.18 Å². The first-order chi connectivity index (χ1) is 16.9. The molecule has 2 heterocycles. The van der Waals surface area contributed by atoms with Crippen LogP contribution in [-0.4, -0.2) is 31.9 Å². The van der Waals surface area contributed by atoms with E-state index in [4.69, 9.17) is 4.74 Å². The highest BCUT2D eigenvalue weighted by molar-refractivity contribution is 5.98. The lowest BCUT2D eigenvalue weighted by Crippen LogP contribution is -2.27. The van der Waals surface area contributed by atoms with Crippen LogP contribution in [0.3, 0.4) is 0 Å². The number of hydrogen-bond donors (Lipinski definition) is 0. The molecular formula is C27H22FN5O2. The number of hydrogen-bond acceptors (Lipinski definition) is 6. The van der Waals surface area contributed by atoms with Crippen LogP contribution in [0.25, 0.3) is 32.9 Å². The first kappa shape index (κ1) is 22.3. The second-order valence-corrected chi connectivity index (χ2v) is 8.32. The smallest absolute Gasteiger partial charge is 0.243 e. The van der Waals surface area contributed by atoms with Crippen molar-refractivity contribution in [3.8, 4) is 17.0 Å². The van der Waals surface area contributed by atoms with Gasteiger partial charge in [0.1, 0.15) is 5.82 Å². The Kier molecular flexibility index (Phi) is 5.78. The zero-order valence-electron chi connectivity index (χ0n) is 19.4. The molecule has 2 aromatic heterocycles. The predicted octanol–water partition coefficient (Wildman–Crippen LogP) is 5.85. The van der Waals surface area contributed by atoms with Crippen molar-refractivity contribution < 1.29 is 13.9 Å². The third kappa shape index (κ3) is 4.50. The summed E-state index contributed by atoms with van der Waals surface area (Å²) in [6.45, 7) is 5.20. The number of fused-ring (bicyclic) bond motifs is 2. The van der Waals surface area contributed by atoms with E-state index in [1.807, 2.05) is 56.3 Å². The van der Waals surface area contributed by atoms with Crippen LogP contribution in [0, 0.1) is 5.82 Å². The van der Waals surface area contributed by atoms with Gasteiger partial charge < -0.3 is 4.74 Å². The van der Waals surface area contributed by atoms with Gasteiger partial charge >= 0.3 is 0 Å². The minimum atomic E-state index is -0.335. The molecule has 0 aliphatic rings. The molecule has 0 saturated heterocycles. The molecule has 1 amide bonds. The van der Waals surface area contributed by atoms with E-state index in [0.29, 0.717) is 22.3 Å². The maximum atomic E-state index is 13.4. The molecule has 0 aliphatic carbocycles. The zero-order chi connectivity index (χ0) is 24.5. The molecule has 0 bridgehead atoms. The van der Waals surface area contributed by atoms with Gasteiger partial charge in [0, 0.05) is 18.5 Å². The third-order valence-corrected chi connectivity index (χ3v) is 5.37. The molecule has 0 unspecified atom stereocenters. The fourth-order valence-electron chi connectivity index (χ4n) is 3.76. The van der Waals surface area contributed by atoms with Crippen LogP contribution in [0.5, 0.6) is 5.88 Å². The van der Waals surface area contributed by atoms with Crippen LogP contribution < -0.4 is 9.64 Å². The lowest BCUT2D eigenvalue weighted by atomic mass is 10.0. The number of anilines is 2. The number of rotatable bonds is 5.